The topological polar surface area (TPSA) is 68.3 Å². The number of aryl methyl sites for hydroxylation is 1. The van der Waals surface area contributed by atoms with Crippen LogP contribution in [0.3, 0.4) is 0 Å². The van der Waals surface area contributed by atoms with Crippen molar-refractivity contribution in [3.05, 3.63) is 22.3 Å². The number of ether oxygens (including phenoxy) is 1. The molecule has 0 radical (unpaired) electrons. The van der Waals surface area contributed by atoms with E-state index in [2.05, 4.69) is 31.0 Å². The third-order valence-corrected chi connectivity index (χ3v) is 2.39. The molecule has 0 bridgehead atoms. The molecule has 0 atom stereocenters. The van der Waals surface area contributed by atoms with Crippen LogP contribution in [0.2, 0.25) is 0 Å². The van der Waals surface area contributed by atoms with Gasteiger partial charge in [-0.1, -0.05) is 0 Å². The van der Waals surface area contributed by atoms with Crippen molar-refractivity contribution in [1.29, 1.82) is 0 Å². The highest BCUT2D eigenvalue weighted by Gasteiger charge is 2.07. The SMILES string of the molecule is COC(=O)CCc1cc(Br)cnc1NC=O. The number of carbonyl (C=O) groups is 2. The Balaban J connectivity index is 2.79. The van der Waals surface area contributed by atoms with Gasteiger partial charge in [0, 0.05) is 17.1 Å². The Hall–Kier alpha value is -1.43. The second kappa shape index (κ2) is 6.22. The Bertz CT molecular complexity index is 396. The molecular formula is C10H11BrN2O3. The number of hydrogen-bond donors (Lipinski definition) is 1. The van der Waals surface area contributed by atoms with Crippen molar-refractivity contribution in [3.8, 4) is 0 Å². The lowest BCUT2D eigenvalue weighted by Gasteiger charge is -2.07. The molecule has 6 heteroatoms. The number of rotatable bonds is 5. The van der Waals surface area contributed by atoms with Gasteiger partial charge in [-0.25, -0.2) is 4.98 Å². The van der Waals surface area contributed by atoms with Gasteiger partial charge in [0.15, 0.2) is 0 Å². The van der Waals surface area contributed by atoms with E-state index < -0.39 is 0 Å². The fraction of sp³-hybridized carbons (Fsp3) is 0.300. The number of hydrogen-bond acceptors (Lipinski definition) is 4. The van der Waals surface area contributed by atoms with Crippen LogP contribution >= 0.6 is 15.9 Å². The molecule has 1 heterocycles. The number of amides is 1. The third-order valence-electron chi connectivity index (χ3n) is 1.96. The van der Waals surface area contributed by atoms with Crippen molar-refractivity contribution in [2.45, 2.75) is 12.8 Å². The summed E-state index contributed by atoms with van der Waals surface area (Å²) in [5.74, 6) is 0.166. The summed E-state index contributed by atoms with van der Waals surface area (Å²) in [5.41, 5.74) is 0.784. The highest BCUT2D eigenvalue weighted by atomic mass is 79.9. The Morgan fingerprint density at radius 2 is 2.44 bits per heavy atom. The van der Waals surface area contributed by atoms with Crippen LogP contribution < -0.4 is 5.32 Å². The van der Waals surface area contributed by atoms with Crippen LogP contribution in [0.1, 0.15) is 12.0 Å². The van der Waals surface area contributed by atoms with Crippen LogP contribution in [-0.4, -0.2) is 24.5 Å². The third kappa shape index (κ3) is 3.62. The van der Waals surface area contributed by atoms with Crippen LogP contribution in [0.25, 0.3) is 0 Å². The molecule has 1 amide bonds. The summed E-state index contributed by atoms with van der Waals surface area (Å²) < 4.78 is 5.34. The van der Waals surface area contributed by atoms with Gasteiger partial charge in [0.2, 0.25) is 6.41 Å². The molecule has 0 aliphatic carbocycles. The summed E-state index contributed by atoms with van der Waals surface area (Å²) in [4.78, 5) is 25.4. The smallest absolute Gasteiger partial charge is 0.305 e. The van der Waals surface area contributed by atoms with Crippen molar-refractivity contribution >= 4 is 34.1 Å². The van der Waals surface area contributed by atoms with Crippen LogP contribution in [0.5, 0.6) is 0 Å². The summed E-state index contributed by atoms with van der Waals surface area (Å²) in [7, 11) is 1.34. The first kappa shape index (κ1) is 12.6. The Morgan fingerprint density at radius 3 is 3.06 bits per heavy atom. The van der Waals surface area contributed by atoms with Crippen molar-refractivity contribution in [3.63, 3.8) is 0 Å². The van der Waals surface area contributed by atoms with Crippen LogP contribution in [0, 0.1) is 0 Å². The maximum Gasteiger partial charge on any atom is 0.305 e. The molecule has 0 fully saturated rings. The number of pyridine rings is 1. The van der Waals surface area contributed by atoms with Gasteiger partial charge < -0.3 is 10.1 Å². The maximum absolute atomic E-state index is 11.0. The van der Waals surface area contributed by atoms with Gasteiger partial charge in [-0.3, -0.25) is 9.59 Å². The number of aromatic nitrogens is 1. The summed E-state index contributed by atoms with van der Waals surface area (Å²) in [5, 5.41) is 2.48. The molecule has 0 aliphatic heterocycles. The van der Waals surface area contributed by atoms with E-state index >= 15 is 0 Å². The van der Waals surface area contributed by atoms with E-state index in [1.807, 2.05) is 6.07 Å². The van der Waals surface area contributed by atoms with Gasteiger partial charge in [0.05, 0.1) is 7.11 Å². The minimum atomic E-state index is -0.294. The molecule has 16 heavy (non-hydrogen) atoms. The number of carbonyl (C=O) groups excluding carboxylic acids is 2. The average Bonchev–Trinajstić information content (AvgIpc) is 2.29. The van der Waals surface area contributed by atoms with Crippen molar-refractivity contribution < 1.29 is 14.3 Å². The average molecular weight is 287 g/mol. The molecule has 86 valence electrons. The minimum Gasteiger partial charge on any atom is -0.469 e. The number of halogens is 1. The van der Waals surface area contributed by atoms with Crippen molar-refractivity contribution in [1.82, 2.24) is 4.98 Å². The van der Waals surface area contributed by atoms with Crippen molar-refractivity contribution in [2.24, 2.45) is 0 Å². The van der Waals surface area contributed by atoms with Gasteiger partial charge in [-0.2, -0.15) is 0 Å². The van der Waals surface area contributed by atoms with E-state index in [1.54, 1.807) is 6.20 Å². The normalized spacial score (nSPS) is 9.62. The van der Waals surface area contributed by atoms with Crippen LogP contribution in [0.4, 0.5) is 5.82 Å². The first-order valence-corrected chi connectivity index (χ1v) is 5.38. The molecule has 1 aromatic rings. The van der Waals surface area contributed by atoms with Crippen LogP contribution in [-0.2, 0) is 20.7 Å². The van der Waals surface area contributed by atoms with E-state index in [0.29, 0.717) is 18.6 Å². The maximum atomic E-state index is 11.0. The molecule has 0 unspecified atom stereocenters. The van der Waals surface area contributed by atoms with E-state index in [0.717, 1.165) is 10.0 Å². The Kier molecular flexibility index (Phi) is 4.91. The number of methoxy groups -OCH3 is 1. The quantitative estimate of drug-likeness (QED) is 0.658. The highest BCUT2D eigenvalue weighted by molar-refractivity contribution is 9.10. The summed E-state index contributed by atoms with van der Waals surface area (Å²) in [6.07, 6.45) is 2.85. The molecule has 0 aliphatic rings. The van der Waals surface area contributed by atoms with Gasteiger partial charge >= 0.3 is 5.97 Å². The summed E-state index contributed by atoms with van der Waals surface area (Å²) in [6, 6.07) is 1.81. The minimum absolute atomic E-state index is 0.252. The zero-order valence-corrected chi connectivity index (χ0v) is 10.3. The standard InChI is InChI=1S/C10H11BrN2O3/c1-16-9(15)3-2-7-4-8(11)5-12-10(7)13-6-14/h4-6H,2-3H2,1H3,(H,12,13,14). The molecule has 1 N–H and O–H groups in total. The zero-order chi connectivity index (χ0) is 12.0. The van der Waals surface area contributed by atoms with E-state index in [9.17, 15) is 9.59 Å². The Morgan fingerprint density at radius 1 is 1.69 bits per heavy atom. The largest absolute Gasteiger partial charge is 0.469 e. The second-order valence-corrected chi connectivity index (χ2v) is 3.92. The molecule has 0 saturated carbocycles. The molecule has 0 aromatic carbocycles. The van der Waals surface area contributed by atoms with E-state index in [-0.39, 0.29) is 12.4 Å². The molecule has 0 saturated heterocycles. The zero-order valence-electron chi connectivity index (χ0n) is 8.70. The number of nitrogens with zero attached hydrogens (tertiary/aromatic N) is 1. The molecule has 0 spiro atoms. The fourth-order valence-corrected chi connectivity index (χ4v) is 1.58. The molecular weight excluding hydrogens is 276 g/mol. The molecule has 1 aromatic heterocycles. The fourth-order valence-electron chi connectivity index (χ4n) is 1.20. The number of nitrogens with one attached hydrogen (secondary N) is 1. The predicted molar refractivity (Wildman–Crippen MR) is 62.0 cm³/mol. The first-order valence-electron chi connectivity index (χ1n) is 4.58. The lowest BCUT2D eigenvalue weighted by molar-refractivity contribution is -0.140. The first-order chi connectivity index (χ1) is 7.67. The van der Waals surface area contributed by atoms with Gasteiger partial charge in [-0.15, -0.1) is 0 Å². The van der Waals surface area contributed by atoms with Gasteiger partial charge in [0.25, 0.3) is 0 Å². The predicted octanol–water partition coefficient (Wildman–Crippen LogP) is 1.52. The van der Waals surface area contributed by atoms with E-state index in [1.165, 1.54) is 7.11 Å². The lowest BCUT2D eigenvalue weighted by Crippen LogP contribution is -2.06. The van der Waals surface area contributed by atoms with Gasteiger partial charge in [-0.05, 0) is 34.0 Å². The molecule has 5 nitrogen and oxygen atoms in total. The highest BCUT2D eigenvalue weighted by Crippen LogP contribution is 2.19. The monoisotopic (exact) mass is 286 g/mol. The molecule has 1 rings (SSSR count). The van der Waals surface area contributed by atoms with Crippen LogP contribution in [0.15, 0.2) is 16.7 Å². The summed E-state index contributed by atoms with van der Waals surface area (Å²) >= 11 is 3.28. The summed E-state index contributed by atoms with van der Waals surface area (Å²) in [6.45, 7) is 0. The number of esters is 1. The van der Waals surface area contributed by atoms with Gasteiger partial charge in [0.1, 0.15) is 5.82 Å². The van der Waals surface area contributed by atoms with Crippen molar-refractivity contribution in [2.75, 3.05) is 12.4 Å². The van der Waals surface area contributed by atoms with E-state index in [4.69, 9.17) is 0 Å². The Labute approximate surface area is 101 Å². The lowest BCUT2D eigenvalue weighted by atomic mass is 10.1. The second-order valence-electron chi connectivity index (χ2n) is 3.00. The number of anilines is 1.